The highest BCUT2D eigenvalue weighted by molar-refractivity contribution is 6.32. The Hall–Kier alpha value is -1.42. The monoisotopic (exact) mass is 225 g/mol. The molecule has 15 heavy (non-hydrogen) atoms. The third kappa shape index (κ3) is 1.61. The second-order valence-corrected chi connectivity index (χ2v) is 3.86. The van der Waals surface area contributed by atoms with Gasteiger partial charge in [0, 0.05) is 17.5 Å². The summed E-state index contributed by atoms with van der Waals surface area (Å²) < 4.78 is 0. The molecule has 0 fully saturated rings. The number of nitro benzene ring substituents is 1. The predicted molar refractivity (Wildman–Crippen MR) is 55.4 cm³/mol. The number of hydrogen-bond acceptors (Lipinski definition) is 3. The summed E-state index contributed by atoms with van der Waals surface area (Å²) in [6.45, 7) is 0. The first-order chi connectivity index (χ1) is 7.11. The quantitative estimate of drug-likeness (QED) is 0.545. The summed E-state index contributed by atoms with van der Waals surface area (Å²) in [4.78, 5) is 21.8. The van der Waals surface area contributed by atoms with Crippen LogP contribution < -0.4 is 0 Å². The molecule has 4 nitrogen and oxygen atoms in total. The van der Waals surface area contributed by atoms with Crippen LogP contribution in [0.1, 0.15) is 28.8 Å². The molecule has 0 amide bonds. The summed E-state index contributed by atoms with van der Waals surface area (Å²) in [5.74, 6) is -0.176. The van der Waals surface area contributed by atoms with E-state index < -0.39 is 4.92 Å². The van der Waals surface area contributed by atoms with Gasteiger partial charge in [0.1, 0.15) is 0 Å². The Morgan fingerprint density at radius 1 is 1.33 bits per heavy atom. The molecule has 2 rings (SSSR count). The summed E-state index contributed by atoms with van der Waals surface area (Å²) in [6.07, 6.45) is 1.72. The minimum absolute atomic E-state index is 0.126. The van der Waals surface area contributed by atoms with Crippen molar-refractivity contribution in [1.82, 2.24) is 0 Å². The average molecular weight is 226 g/mol. The third-order valence-corrected chi connectivity index (χ3v) is 2.89. The van der Waals surface area contributed by atoms with Crippen molar-refractivity contribution >= 4 is 23.1 Å². The van der Waals surface area contributed by atoms with Gasteiger partial charge in [0.2, 0.25) is 0 Å². The van der Waals surface area contributed by atoms with Crippen molar-refractivity contribution in [2.75, 3.05) is 0 Å². The van der Waals surface area contributed by atoms with Gasteiger partial charge >= 0.3 is 0 Å². The summed E-state index contributed by atoms with van der Waals surface area (Å²) in [5.41, 5.74) is 0.708. The molecule has 1 aromatic rings. The number of benzene rings is 1. The first kappa shape index (κ1) is 10.1. The lowest BCUT2D eigenvalue weighted by atomic mass is 9.89. The zero-order valence-corrected chi connectivity index (χ0v) is 8.58. The molecule has 78 valence electrons. The first-order valence-electron chi connectivity index (χ1n) is 4.60. The van der Waals surface area contributed by atoms with Crippen LogP contribution in [-0.2, 0) is 6.42 Å². The minimum Gasteiger partial charge on any atom is -0.294 e. The molecule has 0 bridgehead atoms. The average Bonchev–Trinajstić information content (AvgIpc) is 2.19. The second kappa shape index (κ2) is 3.62. The third-order valence-electron chi connectivity index (χ3n) is 2.54. The summed E-state index contributed by atoms with van der Waals surface area (Å²) in [6, 6.07) is 2.78. The Balaban J connectivity index is 2.70. The van der Waals surface area contributed by atoms with E-state index in [1.54, 1.807) is 0 Å². The fourth-order valence-electron chi connectivity index (χ4n) is 1.87. The molecule has 1 aromatic carbocycles. The van der Waals surface area contributed by atoms with E-state index in [-0.39, 0.29) is 17.0 Å². The number of nitrogens with zero attached hydrogens (tertiary/aromatic N) is 1. The first-order valence-corrected chi connectivity index (χ1v) is 4.98. The molecule has 0 unspecified atom stereocenters. The maximum atomic E-state index is 11.6. The lowest BCUT2D eigenvalue weighted by Gasteiger charge is -2.15. The van der Waals surface area contributed by atoms with Crippen LogP contribution in [0.2, 0.25) is 5.02 Å². The van der Waals surface area contributed by atoms with Crippen LogP contribution in [0.15, 0.2) is 12.1 Å². The van der Waals surface area contributed by atoms with Crippen molar-refractivity contribution in [3.63, 3.8) is 0 Å². The zero-order valence-electron chi connectivity index (χ0n) is 7.83. The highest BCUT2D eigenvalue weighted by atomic mass is 35.5. The molecule has 0 saturated heterocycles. The Bertz CT molecular complexity index is 456. The molecule has 0 N–H and O–H groups in total. The molecular weight excluding hydrogens is 218 g/mol. The number of nitro groups is 1. The topological polar surface area (TPSA) is 60.2 Å². The van der Waals surface area contributed by atoms with Crippen molar-refractivity contribution in [1.29, 1.82) is 0 Å². The van der Waals surface area contributed by atoms with E-state index in [1.807, 2.05) is 0 Å². The van der Waals surface area contributed by atoms with Crippen molar-refractivity contribution in [2.45, 2.75) is 19.3 Å². The summed E-state index contributed by atoms with van der Waals surface area (Å²) in [5, 5.41) is 11.2. The zero-order chi connectivity index (χ0) is 11.0. The molecule has 0 saturated carbocycles. The van der Waals surface area contributed by atoms with Crippen molar-refractivity contribution in [2.24, 2.45) is 0 Å². The van der Waals surface area contributed by atoms with E-state index in [9.17, 15) is 14.9 Å². The van der Waals surface area contributed by atoms with Crippen LogP contribution in [0.4, 0.5) is 5.69 Å². The van der Waals surface area contributed by atoms with Gasteiger partial charge in [-0.05, 0) is 24.5 Å². The van der Waals surface area contributed by atoms with Gasteiger partial charge in [-0.1, -0.05) is 11.6 Å². The Labute approximate surface area is 91.0 Å². The van der Waals surface area contributed by atoms with Gasteiger partial charge in [-0.15, -0.1) is 0 Å². The molecule has 1 aliphatic rings. The number of carbonyl (C=O) groups excluding carboxylic acids is 1. The highest BCUT2D eigenvalue weighted by Crippen LogP contribution is 2.34. The number of rotatable bonds is 1. The van der Waals surface area contributed by atoms with Crippen molar-refractivity contribution in [3.05, 3.63) is 38.4 Å². The molecule has 0 atom stereocenters. The summed E-state index contributed by atoms with van der Waals surface area (Å²) >= 11 is 5.91. The molecule has 0 aliphatic heterocycles. The fraction of sp³-hybridized carbons (Fsp3) is 0.300. The Kier molecular flexibility index (Phi) is 2.44. The van der Waals surface area contributed by atoms with Gasteiger partial charge in [0.25, 0.3) is 5.69 Å². The molecule has 0 radical (unpaired) electrons. The van der Waals surface area contributed by atoms with Crippen LogP contribution in [-0.4, -0.2) is 10.7 Å². The van der Waals surface area contributed by atoms with Gasteiger partial charge in [-0.25, -0.2) is 0 Å². The van der Waals surface area contributed by atoms with E-state index in [0.717, 1.165) is 0 Å². The van der Waals surface area contributed by atoms with Crippen LogP contribution >= 0.6 is 11.6 Å². The van der Waals surface area contributed by atoms with Gasteiger partial charge in [0.15, 0.2) is 5.78 Å². The maximum absolute atomic E-state index is 11.6. The van der Waals surface area contributed by atoms with E-state index in [2.05, 4.69) is 0 Å². The minimum atomic E-state index is -0.529. The molecule has 5 heteroatoms. The van der Waals surface area contributed by atoms with Gasteiger partial charge in [0.05, 0.1) is 10.5 Å². The number of Topliss-reactive ketones (excluding diaryl/α,β-unsaturated/α-hetero) is 1. The van der Waals surface area contributed by atoms with Crippen LogP contribution in [0, 0.1) is 10.1 Å². The van der Waals surface area contributed by atoms with Crippen molar-refractivity contribution in [3.8, 4) is 0 Å². The highest BCUT2D eigenvalue weighted by Gasteiger charge is 2.28. The van der Waals surface area contributed by atoms with Crippen LogP contribution in [0.5, 0.6) is 0 Å². The predicted octanol–water partition coefficient (Wildman–Crippen LogP) is 2.77. The molecule has 0 heterocycles. The van der Waals surface area contributed by atoms with Crippen LogP contribution in [0.3, 0.4) is 0 Å². The Morgan fingerprint density at radius 2 is 2.07 bits per heavy atom. The number of carbonyl (C=O) groups is 1. The lowest BCUT2D eigenvalue weighted by Crippen LogP contribution is -2.13. The fourth-order valence-corrected chi connectivity index (χ4v) is 2.12. The maximum Gasteiger partial charge on any atom is 0.280 e. The van der Waals surface area contributed by atoms with E-state index in [1.165, 1.54) is 12.1 Å². The standard InChI is InChI=1S/C10H8ClNO3/c11-7-4-5-8(12(14)15)10-6(7)2-1-3-9(10)13/h4-5H,1-3H2. The lowest BCUT2D eigenvalue weighted by molar-refractivity contribution is -0.385. The van der Waals surface area contributed by atoms with Gasteiger partial charge in [-0.3, -0.25) is 14.9 Å². The van der Waals surface area contributed by atoms with Crippen LogP contribution in [0.25, 0.3) is 0 Å². The molecule has 0 aromatic heterocycles. The number of halogens is 1. The summed E-state index contributed by atoms with van der Waals surface area (Å²) in [7, 11) is 0. The smallest absolute Gasteiger partial charge is 0.280 e. The van der Waals surface area contributed by atoms with E-state index in [0.29, 0.717) is 29.8 Å². The number of fused-ring (bicyclic) bond motifs is 1. The SMILES string of the molecule is O=C1CCCc2c(Cl)ccc([N+](=O)[O-])c21. The van der Waals surface area contributed by atoms with Crippen molar-refractivity contribution < 1.29 is 9.72 Å². The normalized spacial score (nSPS) is 14.9. The largest absolute Gasteiger partial charge is 0.294 e. The Morgan fingerprint density at radius 3 is 2.73 bits per heavy atom. The second-order valence-electron chi connectivity index (χ2n) is 3.45. The molecule has 0 spiro atoms. The number of hydrogen-bond donors (Lipinski definition) is 0. The van der Waals surface area contributed by atoms with E-state index in [4.69, 9.17) is 11.6 Å². The van der Waals surface area contributed by atoms with E-state index >= 15 is 0 Å². The van der Waals surface area contributed by atoms with Gasteiger partial charge in [-0.2, -0.15) is 0 Å². The number of ketones is 1. The molecular formula is C10H8ClNO3. The molecule has 1 aliphatic carbocycles. The van der Waals surface area contributed by atoms with Gasteiger partial charge < -0.3 is 0 Å².